The number of benzene rings is 3. The highest BCUT2D eigenvalue weighted by Crippen LogP contribution is 2.38. The lowest BCUT2D eigenvalue weighted by molar-refractivity contribution is 0.0952. The lowest BCUT2D eigenvalue weighted by atomic mass is 10.0. The van der Waals surface area contributed by atoms with Gasteiger partial charge in [0.15, 0.2) is 11.5 Å². The maximum Gasteiger partial charge on any atom is 0.252 e. The molecule has 0 atom stereocenters. The molecule has 0 radical (unpaired) electrons. The second kappa shape index (κ2) is 7.37. The van der Waals surface area contributed by atoms with E-state index in [1.165, 1.54) is 0 Å². The van der Waals surface area contributed by atoms with Crippen LogP contribution >= 0.6 is 11.6 Å². The van der Waals surface area contributed by atoms with Gasteiger partial charge in [-0.2, -0.15) is 0 Å². The summed E-state index contributed by atoms with van der Waals surface area (Å²) in [4.78, 5) is 12.8. The largest absolute Gasteiger partial charge is 0.496 e. The Morgan fingerprint density at radius 3 is 2.70 bits per heavy atom. The summed E-state index contributed by atoms with van der Waals surface area (Å²) in [7, 11) is 1.62. The average molecular weight is 384 g/mol. The van der Waals surface area contributed by atoms with Gasteiger partial charge in [-0.05, 0) is 35.2 Å². The normalized spacial score (nSPS) is 12.7. The van der Waals surface area contributed by atoms with Crippen molar-refractivity contribution in [2.75, 3.05) is 20.3 Å². The van der Waals surface area contributed by atoms with Crippen LogP contribution in [-0.4, -0.2) is 26.2 Å². The zero-order chi connectivity index (χ0) is 18.8. The molecule has 6 heteroatoms. The van der Waals surface area contributed by atoms with Crippen LogP contribution in [0.5, 0.6) is 17.2 Å². The molecule has 4 rings (SSSR count). The van der Waals surface area contributed by atoms with Gasteiger partial charge < -0.3 is 19.5 Å². The van der Waals surface area contributed by atoms with Crippen molar-refractivity contribution in [3.8, 4) is 17.2 Å². The van der Waals surface area contributed by atoms with Gasteiger partial charge in [0.05, 0.1) is 12.1 Å². The summed E-state index contributed by atoms with van der Waals surface area (Å²) in [5, 5.41) is 5.16. The van der Waals surface area contributed by atoms with Crippen molar-refractivity contribution >= 4 is 28.3 Å². The molecule has 1 aliphatic rings. The minimum absolute atomic E-state index is 0.167. The Morgan fingerprint density at radius 2 is 1.89 bits per heavy atom. The molecule has 0 bridgehead atoms. The highest BCUT2D eigenvalue weighted by molar-refractivity contribution is 6.32. The third-order valence-corrected chi connectivity index (χ3v) is 4.74. The molecule has 5 nitrogen and oxygen atoms in total. The van der Waals surface area contributed by atoms with Crippen LogP contribution in [0.3, 0.4) is 0 Å². The van der Waals surface area contributed by atoms with E-state index >= 15 is 0 Å². The molecule has 138 valence electrons. The Bertz CT molecular complexity index is 1020. The Balaban J connectivity index is 1.57. The van der Waals surface area contributed by atoms with Crippen LogP contribution in [0.15, 0.2) is 48.5 Å². The van der Waals surface area contributed by atoms with Crippen LogP contribution in [0.1, 0.15) is 15.9 Å². The molecule has 3 aromatic carbocycles. The molecule has 0 aliphatic carbocycles. The van der Waals surface area contributed by atoms with Gasteiger partial charge in [0, 0.05) is 17.5 Å². The van der Waals surface area contributed by atoms with E-state index in [4.69, 9.17) is 25.8 Å². The molecule has 27 heavy (non-hydrogen) atoms. The molecule has 0 unspecified atom stereocenters. The van der Waals surface area contributed by atoms with E-state index < -0.39 is 0 Å². The van der Waals surface area contributed by atoms with Gasteiger partial charge in [-0.1, -0.05) is 35.9 Å². The highest BCUT2D eigenvalue weighted by Gasteiger charge is 2.17. The molecule has 3 aromatic rings. The van der Waals surface area contributed by atoms with Crippen molar-refractivity contribution in [3.63, 3.8) is 0 Å². The van der Waals surface area contributed by atoms with Crippen LogP contribution < -0.4 is 19.5 Å². The molecule has 1 heterocycles. The smallest absolute Gasteiger partial charge is 0.252 e. The average Bonchev–Trinajstić information content (AvgIpc) is 2.71. The van der Waals surface area contributed by atoms with Gasteiger partial charge in [0.2, 0.25) is 0 Å². The van der Waals surface area contributed by atoms with E-state index in [0.717, 1.165) is 22.1 Å². The first kappa shape index (κ1) is 17.5. The minimum atomic E-state index is -0.167. The minimum Gasteiger partial charge on any atom is -0.496 e. The number of methoxy groups -OCH3 is 1. The van der Waals surface area contributed by atoms with Crippen LogP contribution in [0, 0.1) is 0 Å². The maximum absolute atomic E-state index is 12.8. The van der Waals surface area contributed by atoms with Gasteiger partial charge in [-0.25, -0.2) is 0 Å². The fraction of sp³-hybridized carbons (Fsp3) is 0.190. The first-order chi connectivity index (χ1) is 13.2. The van der Waals surface area contributed by atoms with E-state index in [9.17, 15) is 4.79 Å². The molecular weight excluding hydrogens is 366 g/mol. The number of nitrogens with one attached hydrogen (secondary N) is 1. The number of hydrogen-bond acceptors (Lipinski definition) is 4. The second-order valence-corrected chi connectivity index (χ2v) is 6.55. The van der Waals surface area contributed by atoms with Crippen molar-refractivity contribution in [2.24, 2.45) is 0 Å². The van der Waals surface area contributed by atoms with E-state index in [1.807, 2.05) is 30.3 Å². The van der Waals surface area contributed by atoms with Gasteiger partial charge in [-0.15, -0.1) is 0 Å². The molecule has 1 N–H and O–H groups in total. The van der Waals surface area contributed by atoms with E-state index in [1.54, 1.807) is 25.3 Å². The van der Waals surface area contributed by atoms with Gasteiger partial charge in [-0.3, -0.25) is 4.79 Å². The quantitative estimate of drug-likeness (QED) is 0.733. The standard InChI is InChI=1S/C21H18ClNO4/c1-25-18-7-6-16(14-4-2-3-5-15(14)18)21(24)23-12-13-10-17(22)20-19(11-13)26-8-9-27-20/h2-7,10-11H,8-9,12H2,1H3,(H,23,24). The maximum atomic E-state index is 12.8. The zero-order valence-corrected chi connectivity index (χ0v) is 15.5. The van der Waals surface area contributed by atoms with Crippen molar-refractivity contribution in [1.29, 1.82) is 0 Å². The van der Waals surface area contributed by atoms with Crippen molar-refractivity contribution in [3.05, 3.63) is 64.7 Å². The first-order valence-electron chi connectivity index (χ1n) is 8.59. The van der Waals surface area contributed by atoms with Crippen LogP contribution in [0.4, 0.5) is 0 Å². The van der Waals surface area contributed by atoms with E-state index in [-0.39, 0.29) is 5.91 Å². The Labute approximate surface area is 161 Å². The summed E-state index contributed by atoms with van der Waals surface area (Å²) >= 11 is 6.26. The summed E-state index contributed by atoms with van der Waals surface area (Å²) in [5.41, 5.74) is 1.44. The number of amides is 1. The lowest BCUT2D eigenvalue weighted by Gasteiger charge is -2.20. The first-order valence-corrected chi connectivity index (χ1v) is 8.97. The number of carbonyl (C=O) groups is 1. The summed E-state index contributed by atoms with van der Waals surface area (Å²) in [6.07, 6.45) is 0. The Kier molecular flexibility index (Phi) is 4.77. The summed E-state index contributed by atoms with van der Waals surface area (Å²) < 4.78 is 16.5. The molecule has 1 amide bonds. The van der Waals surface area contributed by atoms with E-state index in [0.29, 0.717) is 41.8 Å². The summed E-state index contributed by atoms with van der Waals surface area (Å²) in [5.74, 6) is 1.73. The molecule has 0 fully saturated rings. The summed E-state index contributed by atoms with van der Waals surface area (Å²) in [6, 6.07) is 14.9. The predicted octanol–water partition coefficient (Wildman–Crippen LogP) is 4.20. The van der Waals surface area contributed by atoms with E-state index in [2.05, 4.69) is 5.32 Å². The molecule has 0 saturated carbocycles. The van der Waals surface area contributed by atoms with Crippen molar-refractivity contribution in [1.82, 2.24) is 5.32 Å². The van der Waals surface area contributed by atoms with Gasteiger partial charge >= 0.3 is 0 Å². The molecule has 0 spiro atoms. The molecule has 0 aromatic heterocycles. The number of ether oxygens (including phenoxy) is 3. The van der Waals surface area contributed by atoms with Gasteiger partial charge in [0.1, 0.15) is 19.0 Å². The van der Waals surface area contributed by atoms with Crippen LogP contribution in [-0.2, 0) is 6.54 Å². The van der Waals surface area contributed by atoms with Crippen molar-refractivity contribution in [2.45, 2.75) is 6.54 Å². The van der Waals surface area contributed by atoms with Gasteiger partial charge in [0.25, 0.3) is 5.91 Å². The zero-order valence-electron chi connectivity index (χ0n) is 14.8. The third kappa shape index (κ3) is 3.38. The topological polar surface area (TPSA) is 56.8 Å². The Hall–Kier alpha value is -2.92. The number of halogens is 1. The number of hydrogen-bond donors (Lipinski definition) is 1. The summed E-state index contributed by atoms with van der Waals surface area (Å²) in [6.45, 7) is 1.29. The molecular formula is C21H18ClNO4. The second-order valence-electron chi connectivity index (χ2n) is 6.15. The predicted molar refractivity (Wildman–Crippen MR) is 104 cm³/mol. The van der Waals surface area contributed by atoms with Crippen LogP contribution in [0.25, 0.3) is 10.8 Å². The lowest BCUT2D eigenvalue weighted by Crippen LogP contribution is -2.23. The fourth-order valence-electron chi connectivity index (χ4n) is 3.19. The third-order valence-electron chi connectivity index (χ3n) is 4.46. The number of carbonyl (C=O) groups excluding carboxylic acids is 1. The number of fused-ring (bicyclic) bond motifs is 2. The van der Waals surface area contributed by atoms with Crippen LogP contribution in [0.2, 0.25) is 5.02 Å². The number of rotatable bonds is 4. The SMILES string of the molecule is COc1ccc(C(=O)NCc2cc(Cl)c3c(c2)OCCO3)c2ccccc12. The molecule has 1 aliphatic heterocycles. The highest BCUT2D eigenvalue weighted by atomic mass is 35.5. The fourth-order valence-corrected chi connectivity index (χ4v) is 3.48. The van der Waals surface area contributed by atoms with Crippen molar-refractivity contribution < 1.29 is 19.0 Å². The Morgan fingerprint density at radius 1 is 1.11 bits per heavy atom. The monoisotopic (exact) mass is 383 g/mol. The molecule has 0 saturated heterocycles.